The number of piperidine rings is 1. The molecule has 1 heterocycles. The van der Waals surface area contributed by atoms with Crippen LogP contribution in [0.4, 0.5) is 5.69 Å². The summed E-state index contributed by atoms with van der Waals surface area (Å²) in [5.41, 5.74) is 0.509. The Labute approximate surface area is 135 Å². The maximum atomic E-state index is 12.4. The van der Waals surface area contributed by atoms with Crippen molar-refractivity contribution in [3.63, 3.8) is 0 Å². The molecule has 1 aliphatic rings. The Morgan fingerprint density at radius 2 is 2.14 bits per heavy atom. The van der Waals surface area contributed by atoms with E-state index in [1.165, 1.54) is 11.4 Å². The van der Waals surface area contributed by atoms with Gasteiger partial charge in [0.1, 0.15) is 11.8 Å². The average molecular weight is 347 g/mol. The summed E-state index contributed by atoms with van der Waals surface area (Å²) < 4.78 is 29.9. The van der Waals surface area contributed by atoms with Crippen molar-refractivity contribution in [3.8, 4) is 5.75 Å². The number of methoxy groups -OCH3 is 1. The largest absolute Gasteiger partial charge is 0.495 e. The van der Waals surface area contributed by atoms with Crippen LogP contribution in [0, 0.1) is 0 Å². The normalized spacial score (nSPS) is 19.7. The van der Waals surface area contributed by atoms with Crippen molar-refractivity contribution in [2.24, 2.45) is 0 Å². The van der Waals surface area contributed by atoms with Gasteiger partial charge in [0.25, 0.3) is 0 Å². The van der Waals surface area contributed by atoms with E-state index in [-0.39, 0.29) is 5.91 Å². The molecular formula is C14H19ClN2O4S. The van der Waals surface area contributed by atoms with Crippen molar-refractivity contribution in [2.75, 3.05) is 25.2 Å². The zero-order valence-corrected chi connectivity index (χ0v) is 14.1. The highest BCUT2D eigenvalue weighted by atomic mass is 35.5. The zero-order chi connectivity index (χ0) is 16.3. The number of carbonyl (C=O) groups is 1. The summed E-state index contributed by atoms with van der Waals surface area (Å²) in [4.78, 5) is 12.4. The molecule has 1 aliphatic heterocycles. The third kappa shape index (κ3) is 3.91. The second-order valence-corrected chi connectivity index (χ2v) is 7.57. The van der Waals surface area contributed by atoms with E-state index in [1.807, 2.05) is 0 Å². The SMILES string of the molecule is COc1ccc(NC(=O)[C@@H]2CCCCN2S(C)(=O)=O)cc1Cl. The van der Waals surface area contributed by atoms with Crippen LogP contribution in [0.2, 0.25) is 5.02 Å². The number of sulfonamides is 1. The number of anilines is 1. The van der Waals surface area contributed by atoms with Gasteiger partial charge in [0.2, 0.25) is 15.9 Å². The number of halogens is 1. The smallest absolute Gasteiger partial charge is 0.242 e. The third-order valence-corrected chi connectivity index (χ3v) is 5.19. The topological polar surface area (TPSA) is 75.7 Å². The molecule has 6 nitrogen and oxygen atoms in total. The number of benzene rings is 1. The number of ether oxygens (including phenoxy) is 1. The number of nitrogens with one attached hydrogen (secondary N) is 1. The number of hydrogen-bond donors (Lipinski definition) is 1. The van der Waals surface area contributed by atoms with E-state index < -0.39 is 16.1 Å². The first-order valence-corrected chi connectivity index (χ1v) is 9.17. The Morgan fingerprint density at radius 3 is 2.73 bits per heavy atom. The van der Waals surface area contributed by atoms with Crippen molar-refractivity contribution in [1.82, 2.24) is 4.31 Å². The molecule has 1 saturated heterocycles. The minimum atomic E-state index is -3.40. The second-order valence-electron chi connectivity index (χ2n) is 5.22. The van der Waals surface area contributed by atoms with Crippen molar-refractivity contribution < 1.29 is 17.9 Å². The van der Waals surface area contributed by atoms with Crippen LogP contribution in [0.25, 0.3) is 0 Å². The van der Waals surface area contributed by atoms with Crippen molar-refractivity contribution >= 4 is 33.2 Å². The molecule has 1 aromatic carbocycles. The fraction of sp³-hybridized carbons (Fsp3) is 0.500. The first-order valence-electron chi connectivity index (χ1n) is 6.94. The van der Waals surface area contributed by atoms with E-state index in [2.05, 4.69) is 5.32 Å². The molecule has 0 bridgehead atoms. The van der Waals surface area contributed by atoms with Crippen molar-refractivity contribution in [1.29, 1.82) is 0 Å². The molecule has 1 atom stereocenters. The molecule has 0 aliphatic carbocycles. The van der Waals surface area contributed by atoms with E-state index in [0.29, 0.717) is 29.4 Å². The Bertz CT molecular complexity index is 663. The Balaban J connectivity index is 2.15. The molecule has 0 spiro atoms. The lowest BCUT2D eigenvalue weighted by Gasteiger charge is -2.32. The molecule has 22 heavy (non-hydrogen) atoms. The molecular weight excluding hydrogens is 328 g/mol. The van der Waals surface area contributed by atoms with E-state index in [4.69, 9.17) is 16.3 Å². The number of carbonyl (C=O) groups excluding carboxylic acids is 1. The Hall–Kier alpha value is -1.31. The fourth-order valence-corrected chi connectivity index (χ4v) is 3.92. The Kier molecular flexibility index (Phi) is 5.31. The molecule has 8 heteroatoms. The van der Waals surface area contributed by atoms with Crippen LogP contribution in [0.15, 0.2) is 18.2 Å². The first kappa shape index (κ1) is 17.1. The van der Waals surface area contributed by atoms with Crippen LogP contribution in [0.5, 0.6) is 5.75 Å². The minimum Gasteiger partial charge on any atom is -0.495 e. The summed E-state index contributed by atoms with van der Waals surface area (Å²) in [5.74, 6) is 0.168. The molecule has 0 saturated carbocycles. The molecule has 0 aromatic heterocycles. The number of rotatable bonds is 4. The zero-order valence-electron chi connectivity index (χ0n) is 12.5. The molecule has 1 fully saturated rings. The monoisotopic (exact) mass is 346 g/mol. The van der Waals surface area contributed by atoms with Gasteiger partial charge in [-0.25, -0.2) is 8.42 Å². The van der Waals surface area contributed by atoms with Crippen LogP contribution >= 0.6 is 11.6 Å². The van der Waals surface area contributed by atoms with Crippen LogP contribution in [0.3, 0.4) is 0 Å². The van der Waals surface area contributed by atoms with Crippen LogP contribution < -0.4 is 10.1 Å². The summed E-state index contributed by atoms with van der Waals surface area (Å²) in [5, 5.41) is 3.10. The molecule has 0 unspecified atom stereocenters. The predicted molar refractivity (Wildman–Crippen MR) is 85.8 cm³/mol. The molecule has 122 valence electrons. The van der Waals surface area contributed by atoms with Crippen molar-refractivity contribution in [2.45, 2.75) is 25.3 Å². The Morgan fingerprint density at radius 1 is 1.41 bits per heavy atom. The standard InChI is InChI=1S/C14H19ClN2O4S/c1-21-13-7-6-10(9-11(13)15)16-14(18)12-5-3-4-8-17(12)22(2,19)20/h6-7,9,12H,3-5,8H2,1-2H3,(H,16,18)/t12-/m0/s1. The van der Waals surface area contributed by atoms with Gasteiger partial charge in [0.15, 0.2) is 0 Å². The minimum absolute atomic E-state index is 0.341. The summed E-state index contributed by atoms with van der Waals surface area (Å²) in [6.45, 7) is 0.375. The average Bonchev–Trinajstić information content (AvgIpc) is 2.46. The molecule has 1 amide bonds. The summed E-state index contributed by atoms with van der Waals surface area (Å²) >= 11 is 6.02. The van der Waals surface area contributed by atoms with E-state index in [1.54, 1.807) is 18.2 Å². The lowest BCUT2D eigenvalue weighted by atomic mass is 10.0. The van der Waals surface area contributed by atoms with Crippen molar-refractivity contribution in [3.05, 3.63) is 23.2 Å². The molecule has 1 N–H and O–H groups in total. The summed E-state index contributed by atoms with van der Waals surface area (Å²) in [6.07, 6.45) is 3.24. The summed E-state index contributed by atoms with van der Waals surface area (Å²) in [6, 6.07) is 4.21. The molecule has 1 aromatic rings. The van der Waals surface area contributed by atoms with Gasteiger partial charge in [-0.1, -0.05) is 18.0 Å². The van der Waals surface area contributed by atoms with Gasteiger partial charge in [0.05, 0.1) is 18.4 Å². The van der Waals surface area contributed by atoms with Gasteiger partial charge in [-0.15, -0.1) is 0 Å². The van der Waals surface area contributed by atoms with Gasteiger partial charge >= 0.3 is 0 Å². The summed E-state index contributed by atoms with van der Waals surface area (Å²) in [7, 11) is -1.90. The maximum Gasteiger partial charge on any atom is 0.242 e. The van der Waals surface area contributed by atoms with Crippen LogP contribution in [-0.4, -0.2) is 44.6 Å². The van der Waals surface area contributed by atoms with Gasteiger partial charge in [-0.3, -0.25) is 4.79 Å². The first-order chi connectivity index (χ1) is 10.3. The van der Waals surface area contributed by atoms with Crippen LogP contribution in [-0.2, 0) is 14.8 Å². The van der Waals surface area contributed by atoms with Gasteiger partial charge in [-0.2, -0.15) is 4.31 Å². The van der Waals surface area contributed by atoms with Crippen LogP contribution in [0.1, 0.15) is 19.3 Å². The lowest BCUT2D eigenvalue weighted by Crippen LogP contribution is -2.49. The third-order valence-electron chi connectivity index (χ3n) is 3.60. The molecule has 2 rings (SSSR count). The number of amides is 1. The number of nitrogens with zero attached hydrogens (tertiary/aromatic N) is 1. The maximum absolute atomic E-state index is 12.4. The lowest BCUT2D eigenvalue weighted by molar-refractivity contribution is -0.120. The van der Waals surface area contributed by atoms with E-state index in [9.17, 15) is 13.2 Å². The number of hydrogen-bond acceptors (Lipinski definition) is 4. The highest BCUT2D eigenvalue weighted by molar-refractivity contribution is 7.88. The van der Waals surface area contributed by atoms with E-state index >= 15 is 0 Å². The quantitative estimate of drug-likeness (QED) is 0.905. The molecule has 0 radical (unpaired) electrons. The van der Waals surface area contributed by atoms with E-state index in [0.717, 1.165) is 19.1 Å². The second kappa shape index (κ2) is 6.85. The fourth-order valence-electron chi connectivity index (χ4n) is 2.53. The highest BCUT2D eigenvalue weighted by Gasteiger charge is 2.34. The highest BCUT2D eigenvalue weighted by Crippen LogP contribution is 2.28. The predicted octanol–water partition coefficient (Wildman–Crippen LogP) is 2.10. The van der Waals surface area contributed by atoms with Gasteiger partial charge in [0, 0.05) is 12.2 Å². The van der Waals surface area contributed by atoms with Gasteiger partial charge in [-0.05, 0) is 31.0 Å². The van der Waals surface area contributed by atoms with Gasteiger partial charge < -0.3 is 10.1 Å².